The van der Waals surface area contributed by atoms with Gasteiger partial charge in [0.25, 0.3) is 0 Å². The predicted octanol–water partition coefficient (Wildman–Crippen LogP) is 4.11. The van der Waals surface area contributed by atoms with E-state index in [9.17, 15) is 4.79 Å². The number of para-hydroxylation sites is 1. The van der Waals surface area contributed by atoms with Crippen LogP contribution in [0.15, 0.2) is 78.2 Å². The van der Waals surface area contributed by atoms with E-state index >= 15 is 0 Å². The zero-order chi connectivity index (χ0) is 20.9. The lowest BCUT2D eigenvalue weighted by atomic mass is 10.2. The van der Waals surface area contributed by atoms with Gasteiger partial charge in [-0.05, 0) is 55.0 Å². The highest BCUT2D eigenvalue weighted by atomic mass is 32.2. The van der Waals surface area contributed by atoms with E-state index in [-0.39, 0.29) is 11.7 Å². The van der Waals surface area contributed by atoms with Crippen molar-refractivity contribution < 1.29 is 9.53 Å². The zero-order valence-electron chi connectivity index (χ0n) is 16.6. The fraction of sp³-hybridized carbons (Fsp3) is 0.136. The Morgan fingerprint density at radius 3 is 2.47 bits per heavy atom. The molecule has 0 aliphatic carbocycles. The standard InChI is InChI=1S/C22H21N5O2S/c1-16-7-3-4-8-19(16)23-20(28)15-30-22-25-24-21(27(22)26-13-5-6-14-26)17-9-11-18(29-2)12-10-17/h3-14H,15H2,1-2H3,(H,23,28). The second-order valence-electron chi connectivity index (χ2n) is 6.56. The van der Waals surface area contributed by atoms with Gasteiger partial charge in [0.1, 0.15) is 5.75 Å². The molecule has 1 amide bonds. The number of methoxy groups -OCH3 is 1. The Morgan fingerprint density at radius 2 is 1.77 bits per heavy atom. The Labute approximate surface area is 178 Å². The molecule has 0 radical (unpaired) electrons. The fourth-order valence-electron chi connectivity index (χ4n) is 2.97. The average Bonchev–Trinajstić information content (AvgIpc) is 3.43. The van der Waals surface area contributed by atoms with Gasteiger partial charge in [0.05, 0.1) is 12.9 Å². The van der Waals surface area contributed by atoms with E-state index in [1.165, 1.54) is 11.8 Å². The molecule has 0 saturated heterocycles. The monoisotopic (exact) mass is 419 g/mol. The number of benzene rings is 2. The lowest BCUT2D eigenvalue weighted by molar-refractivity contribution is -0.113. The summed E-state index contributed by atoms with van der Waals surface area (Å²) in [5, 5.41) is 12.3. The van der Waals surface area contributed by atoms with E-state index in [1.807, 2.05) is 89.3 Å². The quantitative estimate of drug-likeness (QED) is 0.457. The molecule has 2 aromatic carbocycles. The third-order valence-electron chi connectivity index (χ3n) is 4.53. The number of hydrogen-bond acceptors (Lipinski definition) is 5. The van der Waals surface area contributed by atoms with Gasteiger partial charge in [0.2, 0.25) is 11.1 Å². The number of carbonyl (C=O) groups is 1. The van der Waals surface area contributed by atoms with Crippen LogP contribution in [0, 0.1) is 6.92 Å². The Morgan fingerprint density at radius 1 is 1.03 bits per heavy atom. The first-order valence-corrected chi connectivity index (χ1v) is 10.4. The molecule has 8 heteroatoms. The van der Waals surface area contributed by atoms with Crippen molar-refractivity contribution in [1.82, 2.24) is 19.5 Å². The van der Waals surface area contributed by atoms with Crippen LogP contribution in [0.3, 0.4) is 0 Å². The first kappa shape index (κ1) is 19.8. The largest absolute Gasteiger partial charge is 0.497 e. The lowest BCUT2D eigenvalue weighted by Gasteiger charge is -2.12. The summed E-state index contributed by atoms with van der Waals surface area (Å²) in [6, 6.07) is 19.2. The maximum absolute atomic E-state index is 12.5. The number of aromatic nitrogens is 4. The van der Waals surface area contributed by atoms with Crippen molar-refractivity contribution in [3.63, 3.8) is 0 Å². The summed E-state index contributed by atoms with van der Waals surface area (Å²) in [6.45, 7) is 1.96. The Balaban J connectivity index is 1.56. The van der Waals surface area contributed by atoms with Crippen molar-refractivity contribution in [3.8, 4) is 17.1 Å². The number of amides is 1. The van der Waals surface area contributed by atoms with Gasteiger partial charge in [-0.1, -0.05) is 30.0 Å². The SMILES string of the molecule is COc1ccc(-c2nnc(SCC(=O)Nc3ccccc3C)n2-n2cccc2)cc1. The summed E-state index contributed by atoms with van der Waals surface area (Å²) in [7, 11) is 1.63. The Bertz CT molecular complexity index is 1140. The smallest absolute Gasteiger partial charge is 0.234 e. The predicted molar refractivity (Wildman–Crippen MR) is 118 cm³/mol. The molecule has 4 aromatic rings. The van der Waals surface area contributed by atoms with Crippen LogP contribution < -0.4 is 10.1 Å². The summed E-state index contributed by atoms with van der Waals surface area (Å²) in [4.78, 5) is 12.5. The number of anilines is 1. The summed E-state index contributed by atoms with van der Waals surface area (Å²) in [5.41, 5.74) is 2.73. The highest BCUT2D eigenvalue weighted by molar-refractivity contribution is 7.99. The van der Waals surface area contributed by atoms with Gasteiger partial charge in [-0.3, -0.25) is 9.47 Å². The highest BCUT2D eigenvalue weighted by Crippen LogP contribution is 2.26. The second-order valence-corrected chi connectivity index (χ2v) is 7.50. The normalized spacial score (nSPS) is 10.7. The number of nitrogens with one attached hydrogen (secondary N) is 1. The molecule has 2 heterocycles. The number of rotatable bonds is 7. The molecule has 2 aromatic heterocycles. The highest BCUT2D eigenvalue weighted by Gasteiger charge is 2.17. The topological polar surface area (TPSA) is 74.0 Å². The number of aryl methyl sites for hydroxylation is 1. The molecule has 152 valence electrons. The zero-order valence-corrected chi connectivity index (χ0v) is 17.5. The Hall–Kier alpha value is -3.52. The van der Waals surface area contributed by atoms with E-state index in [0.29, 0.717) is 11.0 Å². The van der Waals surface area contributed by atoms with Crippen LogP contribution in [0.1, 0.15) is 5.56 Å². The second kappa shape index (κ2) is 8.87. The molecule has 30 heavy (non-hydrogen) atoms. The van der Waals surface area contributed by atoms with E-state index in [2.05, 4.69) is 15.5 Å². The van der Waals surface area contributed by atoms with Crippen LogP contribution in [-0.2, 0) is 4.79 Å². The van der Waals surface area contributed by atoms with Crippen molar-refractivity contribution in [2.75, 3.05) is 18.2 Å². The maximum atomic E-state index is 12.5. The van der Waals surface area contributed by atoms with Crippen LogP contribution >= 0.6 is 11.8 Å². The van der Waals surface area contributed by atoms with E-state index in [4.69, 9.17) is 4.74 Å². The summed E-state index contributed by atoms with van der Waals surface area (Å²) < 4.78 is 9.01. The van der Waals surface area contributed by atoms with Gasteiger partial charge in [0, 0.05) is 23.6 Å². The molecule has 0 aliphatic rings. The average molecular weight is 420 g/mol. The molecule has 0 spiro atoms. The number of carbonyl (C=O) groups excluding carboxylic acids is 1. The van der Waals surface area contributed by atoms with Crippen LogP contribution in [-0.4, -0.2) is 38.3 Å². The van der Waals surface area contributed by atoms with Crippen LogP contribution in [0.2, 0.25) is 0 Å². The minimum Gasteiger partial charge on any atom is -0.497 e. The summed E-state index contributed by atoms with van der Waals surface area (Å²) >= 11 is 1.33. The molecule has 0 saturated carbocycles. The molecule has 0 aliphatic heterocycles. The van der Waals surface area contributed by atoms with Gasteiger partial charge in [-0.15, -0.1) is 10.2 Å². The van der Waals surface area contributed by atoms with Gasteiger partial charge in [-0.2, -0.15) is 0 Å². The van der Waals surface area contributed by atoms with Gasteiger partial charge in [-0.25, -0.2) is 4.68 Å². The van der Waals surface area contributed by atoms with Gasteiger partial charge < -0.3 is 10.1 Å². The van der Waals surface area contributed by atoms with E-state index < -0.39 is 0 Å². The minimum absolute atomic E-state index is 0.0950. The molecular weight excluding hydrogens is 398 g/mol. The lowest BCUT2D eigenvalue weighted by Crippen LogP contribution is -2.16. The third kappa shape index (κ3) is 4.23. The van der Waals surface area contributed by atoms with Crippen molar-refractivity contribution in [1.29, 1.82) is 0 Å². The molecule has 0 bridgehead atoms. The van der Waals surface area contributed by atoms with Gasteiger partial charge >= 0.3 is 0 Å². The summed E-state index contributed by atoms with van der Waals surface area (Å²) in [5.74, 6) is 1.57. The number of ether oxygens (including phenoxy) is 1. The van der Waals surface area contributed by atoms with Crippen LogP contribution in [0.4, 0.5) is 5.69 Å². The van der Waals surface area contributed by atoms with E-state index in [0.717, 1.165) is 22.6 Å². The number of hydrogen-bond donors (Lipinski definition) is 1. The van der Waals surface area contributed by atoms with E-state index in [1.54, 1.807) is 7.11 Å². The molecule has 7 nitrogen and oxygen atoms in total. The fourth-order valence-corrected chi connectivity index (χ4v) is 3.71. The summed E-state index contributed by atoms with van der Waals surface area (Å²) in [6.07, 6.45) is 3.82. The molecule has 0 unspecified atom stereocenters. The van der Waals surface area contributed by atoms with Crippen molar-refractivity contribution in [2.24, 2.45) is 0 Å². The van der Waals surface area contributed by atoms with Crippen LogP contribution in [0.5, 0.6) is 5.75 Å². The first-order valence-electron chi connectivity index (χ1n) is 9.37. The van der Waals surface area contributed by atoms with Crippen molar-refractivity contribution in [3.05, 3.63) is 78.6 Å². The van der Waals surface area contributed by atoms with Crippen LogP contribution in [0.25, 0.3) is 11.4 Å². The number of thioether (sulfide) groups is 1. The number of nitrogens with zero attached hydrogens (tertiary/aromatic N) is 4. The maximum Gasteiger partial charge on any atom is 0.234 e. The van der Waals surface area contributed by atoms with Gasteiger partial charge in [0.15, 0.2) is 5.82 Å². The molecule has 0 fully saturated rings. The minimum atomic E-state index is -0.0950. The molecular formula is C22H21N5O2S. The third-order valence-corrected chi connectivity index (χ3v) is 5.45. The molecule has 4 rings (SSSR count). The Kier molecular flexibility index (Phi) is 5.85. The molecule has 1 N–H and O–H groups in total. The molecule has 0 atom stereocenters. The first-order chi connectivity index (χ1) is 14.7. The van der Waals surface area contributed by atoms with Crippen molar-refractivity contribution in [2.45, 2.75) is 12.1 Å². The van der Waals surface area contributed by atoms with Crippen molar-refractivity contribution >= 4 is 23.4 Å².